The highest BCUT2D eigenvalue weighted by molar-refractivity contribution is 6.39. The van der Waals surface area contributed by atoms with E-state index in [1.54, 1.807) is 109 Å². The van der Waals surface area contributed by atoms with Gasteiger partial charge in [0.2, 0.25) is 46.3 Å². The quantitative estimate of drug-likeness (QED) is 0.0106. The Morgan fingerprint density at radius 3 is 1.14 bits per heavy atom. The summed E-state index contributed by atoms with van der Waals surface area (Å²) in [4.78, 5) is 90.5. The number of phenols is 6. The lowest BCUT2D eigenvalue weighted by Crippen LogP contribution is -2.57. The number of aromatic amines is 1. The van der Waals surface area contributed by atoms with Gasteiger partial charge < -0.3 is 81.3 Å². The van der Waals surface area contributed by atoms with Crippen molar-refractivity contribution in [2.24, 2.45) is 0 Å². The van der Waals surface area contributed by atoms with Crippen LogP contribution >= 0.6 is 0 Å². The Hall–Kier alpha value is -11.2. The zero-order valence-electron chi connectivity index (χ0n) is 65.4. The van der Waals surface area contributed by atoms with Gasteiger partial charge in [0.25, 0.3) is 0 Å². The smallest absolute Gasteiger partial charge is 0.205 e. The van der Waals surface area contributed by atoms with E-state index in [0.717, 1.165) is 31.0 Å². The first kappa shape index (κ1) is 84.2. The van der Waals surface area contributed by atoms with Crippen molar-refractivity contribution in [1.82, 2.24) is 4.98 Å². The van der Waals surface area contributed by atoms with Crippen LogP contribution in [0.1, 0.15) is 108 Å². The summed E-state index contributed by atoms with van der Waals surface area (Å²) >= 11 is 0. The summed E-state index contributed by atoms with van der Waals surface area (Å²) in [6.45, 7) is 4.97. The molecule has 0 amide bonds. The average molecular weight is 1620 g/mol. The second-order valence-corrected chi connectivity index (χ2v) is 31.9. The second kappa shape index (κ2) is 32.1. The van der Waals surface area contributed by atoms with E-state index >= 15 is 0 Å². The maximum absolute atomic E-state index is 14.4. The number of hydrogen-bond donors (Lipinski definition) is 19. The fourth-order valence-corrected chi connectivity index (χ4v) is 15.4. The molecule has 116 heavy (non-hydrogen) atoms. The number of phenolic OH excluding ortho intramolecular Hbond substituents is 6. The highest BCUT2D eigenvalue weighted by Crippen LogP contribution is 2.52. The number of ketones is 6. The Balaban J connectivity index is 0.000000161. The predicted octanol–water partition coefficient (Wildman–Crippen LogP) is 6.61. The molecular formula is C80H99F2N13O21+6. The van der Waals surface area contributed by atoms with Gasteiger partial charge in [0.1, 0.15) is 88.4 Å². The molecule has 0 atom stereocenters. The summed E-state index contributed by atoms with van der Waals surface area (Å²) in [7, 11) is 12.8. The van der Waals surface area contributed by atoms with Crippen molar-refractivity contribution in [3.63, 3.8) is 0 Å². The number of carbonyl (C=O) groups excluding carboxylic acids is 6. The number of H-pyrrole nitrogens is 1. The number of aliphatic hydroxyl groups excluding tert-OH is 2. The van der Waals surface area contributed by atoms with Gasteiger partial charge in [-0.3, -0.25) is 28.8 Å². The number of quaternary nitrogens is 6. The van der Waals surface area contributed by atoms with Crippen LogP contribution in [0.5, 0.6) is 34.5 Å². The second-order valence-electron chi connectivity index (χ2n) is 31.9. The van der Waals surface area contributed by atoms with Crippen molar-refractivity contribution in [1.29, 1.82) is 0 Å². The first-order chi connectivity index (χ1) is 54.5. The molecule has 3 aliphatic carbocycles. The van der Waals surface area contributed by atoms with Crippen LogP contribution in [0.25, 0.3) is 32.6 Å². The average Bonchev–Trinajstić information content (AvgIpc) is 0.881. The van der Waals surface area contributed by atoms with Crippen LogP contribution in [0.4, 0.5) is 42.9 Å². The van der Waals surface area contributed by atoms with Crippen LogP contribution in [0.15, 0.2) is 77.5 Å². The van der Waals surface area contributed by atoms with E-state index in [4.69, 9.17) is 4.42 Å². The molecule has 4 heterocycles. The molecule has 0 saturated carbocycles. The number of aromatic hydroxyl groups is 6. The number of aromatic nitrogens is 1. The molecule has 9 aromatic rings. The van der Waals surface area contributed by atoms with Gasteiger partial charge in [0, 0.05) is 40.8 Å². The summed E-state index contributed by atoms with van der Waals surface area (Å²) in [6.07, 6.45) is 4.81. The van der Waals surface area contributed by atoms with Gasteiger partial charge in [-0.1, -0.05) is 24.3 Å². The number of anilines is 6. The fraction of sp³-hybridized carbons (Fsp3) is 0.375. The molecule has 2 aliphatic heterocycles. The van der Waals surface area contributed by atoms with Gasteiger partial charge in [-0.15, -0.1) is 0 Å². The number of benzene rings is 7. The summed E-state index contributed by atoms with van der Waals surface area (Å²) in [5.41, 5.74) is -0.745. The molecule has 7 aromatic carbocycles. The lowest BCUT2D eigenvalue weighted by atomic mass is 9.79. The first-order valence-electron chi connectivity index (χ1n) is 37.8. The molecule has 34 nitrogen and oxygen atoms in total. The molecule has 19 N–H and O–H groups in total. The van der Waals surface area contributed by atoms with E-state index in [0.29, 0.717) is 95.5 Å². The van der Waals surface area contributed by atoms with E-state index < -0.39 is 92.0 Å². The number of hydroxylamine groups is 18. The van der Waals surface area contributed by atoms with Crippen LogP contribution < -0.4 is 31.1 Å². The molecule has 618 valence electrons. The number of hydrogen-bond acceptors (Lipinski definition) is 27. The fourth-order valence-electron chi connectivity index (χ4n) is 15.4. The summed E-state index contributed by atoms with van der Waals surface area (Å²) in [6, 6.07) is 15.1. The standard InChI is InChI=1S/C30H38N4O8.C26H27F2N5O6.C24H28N4O7/c1-33(2,41)15-11-31(13-17-35)27-19-7-5-6-8-20(19)28(32(14-18-36)12-16-34(3,4)42)26-25(27)29(39)23-21(37)9-10-22(38)24(23)30(26)40;27-18-19(28)26(37)17-16(25(18)36)23(34)14-15(24(17)35)22(31-6-12-33(39)9-2-10-33)21-13(3-4-29-21)20(14)30-5-11-32(38)7-1-8-32;1-27(2,33)10-8-25-20-13-7-12-35-24(13)21(26-9-11-28(3,4)34)19-18(20)22(31)16-14(29)5-6-15(30)17(16)23(19)32/h5-10,35-36,41-42H,11-18H2,1-4H3;3-4,38-39H,1-2,5-12H2,(H3-2,29,30,31,34,35,36,37);5-7,12,33-34H,8-11H2,1-4H3,(H2-2,25,26,29,30,31,32)/p+6. The lowest BCUT2D eigenvalue weighted by Gasteiger charge is -2.37. The normalized spacial score (nSPS) is 15.3. The number of rotatable bonds is 28. The van der Waals surface area contributed by atoms with Crippen molar-refractivity contribution in [3.05, 3.63) is 152 Å². The molecule has 2 saturated heterocycles. The molecule has 2 aromatic heterocycles. The number of halogens is 2. The van der Waals surface area contributed by atoms with E-state index in [-0.39, 0.29) is 186 Å². The highest BCUT2D eigenvalue weighted by Gasteiger charge is 2.47. The number of aliphatic hydroxyl groups is 2. The number of nitrogens with zero attached hydrogens (tertiary/aromatic N) is 8. The predicted molar refractivity (Wildman–Crippen MR) is 418 cm³/mol. The summed E-state index contributed by atoms with van der Waals surface area (Å²) in [5, 5.41) is 160. The third kappa shape index (κ3) is 16.3. The van der Waals surface area contributed by atoms with Gasteiger partial charge in [0.05, 0.1) is 234 Å². The number of likely N-dealkylation sites (tertiary alicyclic amines) is 2. The van der Waals surface area contributed by atoms with Gasteiger partial charge in [-0.2, -0.15) is 36.7 Å². The van der Waals surface area contributed by atoms with Gasteiger partial charge in [-0.05, 0) is 36.4 Å². The molecule has 2 fully saturated rings. The molecule has 0 spiro atoms. The Kier molecular flexibility index (Phi) is 23.3. The lowest BCUT2D eigenvalue weighted by molar-refractivity contribution is -1.13. The topological polar surface area (TPSA) is 469 Å². The zero-order chi connectivity index (χ0) is 84.4. The number of fused-ring (bicyclic) bond motifs is 9. The van der Waals surface area contributed by atoms with Crippen molar-refractivity contribution in [3.8, 4) is 34.5 Å². The van der Waals surface area contributed by atoms with Crippen LogP contribution in [0, 0.1) is 11.6 Å². The molecule has 14 rings (SSSR count). The minimum Gasteiger partial charge on any atom is -0.507 e. The van der Waals surface area contributed by atoms with E-state index in [1.165, 1.54) is 12.3 Å². The molecule has 0 radical (unpaired) electrons. The molecular weight excluding hydrogens is 1520 g/mol. The van der Waals surface area contributed by atoms with Crippen molar-refractivity contribution in [2.45, 2.75) is 12.8 Å². The maximum atomic E-state index is 14.4. The monoisotopic (exact) mass is 1620 g/mol. The number of carbonyl (C=O) groups is 6. The molecule has 5 aliphatic rings. The highest BCUT2D eigenvalue weighted by atomic mass is 19.2. The van der Waals surface area contributed by atoms with Crippen molar-refractivity contribution >= 4 is 101 Å². The van der Waals surface area contributed by atoms with Crippen LogP contribution in [-0.2, 0) is 0 Å². The van der Waals surface area contributed by atoms with Crippen LogP contribution in [-0.4, -0.2) is 327 Å². The van der Waals surface area contributed by atoms with E-state index in [9.17, 15) is 110 Å². The number of likely N-dealkylation sites (N-methyl/N-ethyl adjacent to an activating group) is 4. The van der Waals surface area contributed by atoms with Gasteiger partial charge >= 0.3 is 0 Å². The van der Waals surface area contributed by atoms with E-state index in [2.05, 4.69) is 26.3 Å². The van der Waals surface area contributed by atoms with Crippen molar-refractivity contribution < 1.29 is 142 Å². The number of nitrogens with one attached hydrogen (secondary N) is 5. The van der Waals surface area contributed by atoms with Crippen LogP contribution in [0.3, 0.4) is 0 Å². The minimum atomic E-state index is -1.83. The molecule has 0 bridgehead atoms. The SMILES string of the molecule is C[N+](C)(O)CCN(CCO)c1c2c(c(N(CCO)CC[N+](C)(C)O)c3ccccc13)C(=O)c1c(O)ccc(O)c1C2=O.C[N+](C)(O)CCNc1c2c(c(NCC[N+](C)(C)O)c3occc13)C(=O)c1c(O)ccc(O)c1C2=O.O=C1c2c(O)c(F)c(F)c(O)c2C(=O)c2c1c(NCC[N+]1(O)CCC1)c1cc[nH]c1c2NCC[N+]1(O)CCC1. The summed E-state index contributed by atoms with van der Waals surface area (Å²) < 4.78 is 32.8. The Labute approximate surface area is 663 Å². The Morgan fingerprint density at radius 1 is 0.414 bits per heavy atom. The third-order valence-electron chi connectivity index (χ3n) is 21.6. The Morgan fingerprint density at radius 2 is 0.759 bits per heavy atom. The van der Waals surface area contributed by atoms with Gasteiger partial charge in [-0.25, -0.2) is 31.2 Å². The van der Waals surface area contributed by atoms with E-state index in [1.807, 2.05) is 0 Å². The number of furan rings is 1. The van der Waals surface area contributed by atoms with Crippen molar-refractivity contribution in [2.75, 3.05) is 218 Å². The Bertz CT molecular complexity index is 5120. The zero-order valence-corrected chi connectivity index (χ0v) is 65.4. The van der Waals surface area contributed by atoms with Gasteiger partial charge in [0.15, 0.2) is 17.1 Å². The third-order valence-corrected chi connectivity index (χ3v) is 21.6. The summed E-state index contributed by atoms with van der Waals surface area (Å²) in [5.74, 6) is -12.7. The molecule has 0 unspecified atom stereocenters. The maximum Gasteiger partial charge on any atom is 0.205 e. The largest absolute Gasteiger partial charge is 0.507 e. The first-order valence-corrected chi connectivity index (χ1v) is 37.8. The molecule has 36 heteroatoms. The van der Waals surface area contributed by atoms with Crippen LogP contribution in [0.2, 0.25) is 0 Å². The minimum absolute atomic E-state index is 0.00524.